The maximum Gasteiger partial charge on any atom is 0.338 e. The second-order valence-corrected chi connectivity index (χ2v) is 5.50. The summed E-state index contributed by atoms with van der Waals surface area (Å²) in [4.78, 5) is 23.7. The lowest BCUT2D eigenvalue weighted by Crippen LogP contribution is -2.14. The van der Waals surface area contributed by atoms with E-state index in [1.54, 1.807) is 43.3 Å². The fraction of sp³-hybridized carbons (Fsp3) is 0.263. The van der Waals surface area contributed by atoms with Crippen molar-refractivity contribution in [2.45, 2.75) is 26.2 Å². The Bertz CT molecular complexity index is 696. The highest BCUT2D eigenvalue weighted by atomic mass is 19.1. The molecule has 0 radical (unpaired) electrons. The maximum atomic E-state index is 12.9. The van der Waals surface area contributed by atoms with Crippen molar-refractivity contribution in [3.8, 4) is 0 Å². The fourth-order valence-electron chi connectivity index (χ4n) is 2.30. The van der Waals surface area contributed by atoms with Crippen molar-refractivity contribution in [2.24, 2.45) is 0 Å². The number of carbonyl (C=O) groups is 2. The van der Waals surface area contributed by atoms with Gasteiger partial charge in [0.1, 0.15) is 5.82 Å². The van der Waals surface area contributed by atoms with Gasteiger partial charge in [-0.15, -0.1) is 0 Å². The Balaban J connectivity index is 1.92. The first-order chi connectivity index (χ1) is 11.5. The van der Waals surface area contributed by atoms with Gasteiger partial charge >= 0.3 is 5.97 Å². The number of anilines is 1. The third-order valence-corrected chi connectivity index (χ3v) is 3.61. The number of hydrogen-bond acceptors (Lipinski definition) is 3. The van der Waals surface area contributed by atoms with Crippen molar-refractivity contribution in [3.63, 3.8) is 0 Å². The first-order valence-corrected chi connectivity index (χ1v) is 7.82. The lowest BCUT2D eigenvalue weighted by molar-refractivity contribution is -0.116. The summed E-state index contributed by atoms with van der Waals surface area (Å²) in [6, 6.07) is 12.7. The highest BCUT2D eigenvalue weighted by Gasteiger charge is 2.12. The summed E-state index contributed by atoms with van der Waals surface area (Å²) in [5.74, 6) is -0.850. The summed E-state index contributed by atoms with van der Waals surface area (Å²) in [5.41, 5.74) is 1.96. The van der Waals surface area contributed by atoms with Crippen molar-refractivity contribution in [1.82, 2.24) is 0 Å². The quantitative estimate of drug-likeness (QED) is 0.811. The Morgan fingerprint density at radius 1 is 1.08 bits per heavy atom. The number of amides is 1. The predicted molar refractivity (Wildman–Crippen MR) is 90.5 cm³/mol. The number of halogens is 1. The van der Waals surface area contributed by atoms with Crippen LogP contribution in [0.15, 0.2) is 48.5 Å². The molecule has 2 aromatic rings. The van der Waals surface area contributed by atoms with E-state index in [1.807, 2.05) is 6.92 Å². The van der Waals surface area contributed by atoms with Crippen LogP contribution in [-0.2, 0) is 9.53 Å². The molecule has 4 nitrogen and oxygen atoms in total. The molecule has 0 heterocycles. The SMILES string of the molecule is CCOC(=O)c1ccc(NC(=O)CC(C)c2ccc(F)cc2)cc1. The molecule has 0 aromatic heterocycles. The summed E-state index contributed by atoms with van der Waals surface area (Å²) in [7, 11) is 0. The first kappa shape index (κ1) is 17.7. The molecule has 1 atom stereocenters. The molecule has 2 rings (SSSR count). The van der Waals surface area contributed by atoms with E-state index < -0.39 is 0 Å². The Morgan fingerprint density at radius 3 is 2.29 bits per heavy atom. The van der Waals surface area contributed by atoms with Gasteiger partial charge in [-0.25, -0.2) is 9.18 Å². The molecule has 0 spiro atoms. The molecule has 0 aliphatic heterocycles. The van der Waals surface area contributed by atoms with Crippen LogP contribution in [0.3, 0.4) is 0 Å². The minimum atomic E-state index is -0.389. The van der Waals surface area contributed by atoms with E-state index in [1.165, 1.54) is 12.1 Å². The first-order valence-electron chi connectivity index (χ1n) is 7.82. The van der Waals surface area contributed by atoms with Crippen molar-refractivity contribution in [2.75, 3.05) is 11.9 Å². The number of hydrogen-bond donors (Lipinski definition) is 1. The van der Waals surface area contributed by atoms with Crippen LogP contribution in [0.25, 0.3) is 0 Å². The van der Waals surface area contributed by atoms with Crippen molar-refractivity contribution in [3.05, 3.63) is 65.5 Å². The number of ether oxygens (including phenoxy) is 1. The zero-order chi connectivity index (χ0) is 17.5. The molecule has 1 amide bonds. The zero-order valence-electron chi connectivity index (χ0n) is 13.7. The molecule has 0 aliphatic rings. The maximum absolute atomic E-state index is 12.9. The van der Waals surface area contributed by atoms with Crippen LogP contribution >= 0.6 is 0 Å². The number of nitrogens with one attached hydrogen (secondary N) is 1. The normalized spacial score (nSPS) is 11.6. The molecule has 1 N–H and O–H groups in total. The van der Waals surface area contributed by atoms with Crippen molar-refractivity contribution in [1.29, 1.82) is 0 Å². The van der Waals surface area contributed by atoms with Crippen molar-refractivity contribution >= 4 is 17.6 Å². The summed E-state index contributed by atoms with van der Waals surface area (Å²) >= 11 is 0. The molecule has 2 aromatic carbocycles. The minimum Gasteiger partial charge on any atom is -0.462 e. The highest BCUT2D eigenvalue weighted by Crippen LogP contribution is 2.20. The van der Waals surface area contributed by atoms with Gasteiger partial charge < -0.3 is 10.1 Å². The molecule has 5 heteroatoms. The van der Waals surface area contributed by atoms with Crippen LogP contribution < -0.4 is 5.32 Å². The van der Waals surface area contributed by atoms with E-state index in [0.717, 1.165) is 5.56 Å². The molecule has 0 bridgehead atoms. The molecule has 126 valence electrons. The molecule has 1 unspecified atom stereocenters. The van der Waals surface area contributed by atoms with E-state index in [0.29, 0.717) is 17.9 Å². The Kier molecular flexibility index (Phi) is 6.07. The summed E-state index contributed by atoms with van der Waals surface area (Å²) in [5, 5.41) is 2.79. The summed E-state index contributed by atoms with van der Waals surface area (Å²) in [6.07, 6.45) is 0.283. The Hall–Kier alpha value is -2.69. The van der Waals surface area contributed by atoms with Crippen LogP contribution in [0.2, 0.25) is 0 Å². The van der Waals surface area contributed by atoms with E-state index in [2.05, 4.69) is 5.32 Å². The number of carbonyl (C=O) groups excluding carboxylic acids is 2. The molecule has 0 saturated heterocycles. The van der Waals surface area contributed by atoms with Gasteiger partial charge in [0.15, 0.2) is 0 Å². The van der Waals surface area contributed by atoms with E-state index in [-0.39, 0.29) is 30.0 Å². The molecular formula is C19H20FNO3. The molecule has 0 fully saturated rings. The van der Waals surface area contributed by atoms with Crippen LogP contribution in [-0.4, -0.2) is 18.5 Å². The number of rotatable bonds is 6. The van der Waals surface area contributed by atoms with Crippen LogP contribution in [0.1, 0.15) is 42.1 Å². The average Bonchev–Trinajstić information content (AvgIpc) is 2.56. The topological polar surface area (TPSA) is 55.4 Å². The van der Waals surface area contributed by atoms with Gasteiger partial charge in [0.25, 0.3) is 0 Å². The lowest BCUT2D eigenvalue weighted by atomic mass is 9.97. The molecular weight excluding hydrogens is 309 g/mol. The van der Waals surface area contributed by atoms with Crippen LogP contribution in [0.4, 0.5) is 10.1 Å². The molecule has 24 heavy (non-hydrogen) atoms. The van der Waals surface area contributed by atoms with Gasteiger partial charge in [-0.1, -0.05) is 19.1 Å². The van der Waals surface area contributed by atoms with Gasteiger partial charge in [0.2, 0.25) is 5.91 Å². The Labute approximate surface area is 140 Å². The van der Waals surface area contributed by atoms with Gasteiger partial charge in [0, 0.05) is 12.1 Å². The van der Waals surface area contributed by atoms with E-state index in [4.69, 9.17) is 4.74 Å². The van der Waals surface area contributed by atoms with Crippen LogP contribution in [0.5, 0.6) is 0 Å². The van der Waals surface area contributed by atoms with E-state index in [9.17, 15) is 14.0 Å². The minimum absolute atomic E-state index is 0.0237. The largest absolute Gasteiger partial charge is 0.462 e. The van der Waals surface area contributed by atoms with Gasteiger partial charge in [-0.05, 0) is 54.8 Å². The molecule has 0 aliphatic carbocycles. The molecule has 0 saturated carbocycles. The third-order valence-electron chi connectivity index (χ3n) is 3.61. The predicted octanol–water partition coefficient (Wildman–Crippen LogP) is 4.13. The second kappa shape index (κ2) is 8.24. The smallest absolute Gasteiger partial charge is 0.338 e. The highest BCUT2D eigenvalue weighted by molar-refractivity contribution is 5.93. The summed E-state index contributed by atoms with van der Waals surface area (Å²) < 4.78 is 17.8. The van der Waals surface area contributed by atoms with E-state index >= 15 is 0 Å². The lowest BCUT2D eigenvalue weighted by Gasteiger charge is -2.12. The van der Waals surface area contributed by atoms with Gasteiger partial charge in [0.05, 0.1) is 12.2 Å². The zero-order valence-corrected chi connectivity index (χ0v) is 13.7. The summed E-state index contributed by atoms with van der Waals surface area (Å²) in [6.45, 7) is 3.98. The average molecular weight is 329 g/mol. The number of benzene rings is 2. The van der Waals surface area contributed by atoms with Crippen molar-refractivity contribution < 1.29 is 18.7 Å². The standard InChI is InChI=1S/C19H20FNO3/c1-3-24-19(23)15-6-10-17(11-7-15)21-18(22)12-13(2)14-4-8-16(20)9-5-14/h4-11,13H,3,12H2,1-2H3,(H,21,22). The van der Waals surface area contributed by atoms with Gasteiger partial charge in [-0.2, -0.15) is 0 Å². The second-order valence-electron chi connectivity index (χ2n) is 5.50. The number of esters is 1. The third kappa shape index (κ3) is 4.91. The fourth-order valence-corrected chi connectivity index (χ4v) is 2.30. The van der Waals surface area contributed by atoms with Crippen LogP contribution in [0, 0.1) is 5.82 Å². The Morgan fingerprint density at radius 2 is 1.71 bits per heavy atom. The monoisotopic (exact) mass is 329 g/mol. The van der Waals surface area contributed by atoms with Gasteiger partial charge in [-0.3, -0.25) is 4.79 Å².